The Hall–Kier alpha value is -4.54. The average molecular weight is 584 g/mol. The number of aryl methyl sites for hydroxylation is 1. The van der Waals surface area contributed by atoms with Gasteiger partial charge in [0.1, 0.15) is 27.8 Å². The molecule has 0 aliphatic carbocycles. The van der Waals surface area contributed by atoms with E-state index in [9.17, 15) is 19.2 Å². The van der Waals surface area contributed by atoms with Gasteiger partial charge in [0.2, 0.25) is 0 Å². The molecule has 40 heavy (non-hydrogen) atoms. The van der Waals surface area contributed by atoms with Gasteiger partial charge < -0.3 is 24.8 Å². The van der Waals surface area contributed by atoms with E-state index in [4.69, 9.17) is 37.4 Å². The molecule has 0 fully saturated rings. The fourth-order valence-corrected chi connectivity index (χ4v) is 4.32. The molecule has 0 spiro atoms. The number of esters is 1. The van der Waals surface area contributed by atoms with Crippen molar-refractivity contribution >= 4 is 64.0 Å². The largest absolute Gasteiger partial charge is 0.497 e. The van der Waals surface area contributed by atoms with Crippen molar-refractivity contribution in [1.29, 1.82) is 0 Å². The molecule has 0 atom stereocenters. The lowest BCUT2D eigenvalue weighted by Gasteiger charge is -2.16. The number of rotatable bonds is 8. The molecule has 0 radical (unpaired) electrons. The third kappa shape index (κ3) is 5.45. The number of benzene rings is 3. The molecule has 206 valence electrons. The standard InChI is InChI=1S/C28H23Cl2N3O7/c1-14-5-6-15(25(34)32-21-13-22(39-3)18(12-19(21)29)28(37)40-4)11-20(14)31-24-23(30)26(35)33(27(24)36)16-7-9-17(38-2)10-8-16/h5-13,31H,1-4H3,(H,32,34). The molecule has 0 bridgehead atoms. The number of imide groups is 1. The van der Waals surface area contributed by atoms with Crippen LogP contribution in [0, 0.1) is 6.92 Å². The van der Waals surface area contributed by atoms with Crippen LogP contribution in [0.3, 0.4) is 0 Å². The van der Waals surface area contributed by atoms with E-state index in [1.54, 1.807) is 43.3 Å². The van der Waals surface area contributed by atoms with Crippen molar-refractivity contribution in [2.24, 2.45) is 0 Å². The summed E-state index contributed by atoms with van der Waals surface area (Å²) in [5, 5.41) is 5.39. The van der Waals surface area contributed by atoms with Gasteiger partial charge in [-0.15, -0.1) is 0 Å². The average Bonchev–Trinajstić information content (AvgIpc) is 3.17. The maximum Gasteiger partial charge on any atom is 0.341 e. The predicted molar refractivity (Wildman–Crippen MR) is 150 cm³/mol. The van der Waals surface area contributed by atoms with Crippen LogP contribution in [0.2, 0.25) is 5.02 Å². The van der Waals surface area contributed by atoms with Gasteiger partial charge in [0, 0.05) is 17.3 Å². The summed E-state index contributed by atoms with van der Waals surface area (Å²) in [5.74, 6) is -1.81. The van der Waals surface area contributed by atoms with Crippen molar-refractivity contribution in [3.63, 3.8) is 0 Å². The van der Waals surface area contributed by atoms with Crippen LogP contribution in [0.4, 0.5) is 17.1 Å². The summed E-state index contributed by atoms with van der Waals surface area (Å²) in [5.41, 5.74) is 1.75. The number of halogens is 2. The highest BCUT2D eigenvalue weighted by atomic mass is 35.5. The van der Waals surface area contributed by atoms with Crippen molar-refractivity contribution < 1.29 is 33.4 Å². The van der Waals surface area contributed by atoms with Crippen molar-refractivity contribution in [3.05, 3.63) is 87.0 Å². The Labute approximate surface area is 239 Å². The third-order valence-corrected chi connectivity index (χ3v) is 6.72. The van der Waals surface area contributed by atoms with E-state index in [0.29, 0.717) is 22.7 Å². The SMILES string of the molecule is COC(=O)c1cc(Cl)c(NC(=O)c2ccc(C)c(NC3=C(Cl)C(=O)N(c4ccc(OC)cc4)C3=O)c2)cc1OC. The van der Waals surface area contributed by atoms with Crippen molar-refractivity contribution in [2.75, 3.05) is 36.9 Å². The normalized spacial score (nSPS) is 12.9. The van der Waals surface area contributed by atoms with Crippen LogP contribution in [-0.2, 0) is 14.3 Å². The number of hydrogen-bond donors (Lipinski definition) is 2. The zero-order chi connectivity index (χ0) is 29.1. The minimum absolute atomic E-state index is 0.0886. The summed E-state index contributed by atoms with van der Waals surface area (Å²) < 4.78 is 15.1. The van der Waals surface area contributed by atoms with Crippen molar-refractivity contribution in [3.8, 4) is 11.5 Å². The Bertz CT molecular complexity index is 1570. The molecule has 10 nitrogen and oxygen atoms in total. The summed E-state index contributed by atoms with van der Waals surface area (Å²) in [6.45, 7) is 1.76. The van der Waals surface area contributed by atoms with Gasteiger partial charge in [-0.25, -0.2) is 9.69 Å². The second-order valence-electron chi connectivity index (χ2n) is 8.47. The molecule has 2 N–H and O–H groups in total. The topological polar surface area (TPSA) is 123 Å². The lowest BCUT2D eigenvalue weighted by atomic mass is 10.1. The fourth-order valence-electron chi connectivity index (χ4n) is 3.89. The molecule has 0 aromatic heterocycles. The summed E-state index contributed by atoms with van der Waals surface area (Å²) >= 11 is 12.6. The van der Waals surface area contributed by atoms with E-state index in [1.807, 2.05) is 0 Å². The maximum atomic E-state index is 13.2. The monoisotopic (exact) mass is 583 g/mol. The van der Waals surface area contributed by atoms with E-state index >= 15 is 0 Å². The van der Waals surface area contributed by atoms with Gasteiger partial charge in [-0.05, 0) is 55.0 Å². The van der Waals surface area contributed by atoms with Gasteiger partial charge in [0.25, 0.3) is 17.7 Å². The van der Waals surface area contributed by atoms with Gasteiger partial charge in [0.15, 0.2) is 0 Å². The number of carbonyl (C=O) groups is 4. The lowest BCUT2D eigenvalue weighted by molar-refractivity contribution is -0.120. The first-order valence-electron chi connectivity index (χ1n) is 11.7. The Balaban J connectivity index is 1.58. The van der Waals surface area contributed by atoms with Crippen LogP contribution >= 0.6 is 23.2 Å². The highest BCUT2D eigenvalue weighted by Crippen LogP contribution is 2.34. The lowest BCUT2D eigenvalue weighted by Crippen LogP contribution is -2.32. The minimum atomic E-state index is -0.690. The van der Waals surface area contributed by atoms with E-state index in [0.717, 1.165) is 4.90 Å². The predicted octanol–water partition coefficient (Wildman–Crippen LogP) is 5.14. The van der Waals surface area contributed by atoms with Crippen molar-refractivity contribution in [1.82, 2.24) is 0 Å². The number of ether oxygens (including phenoxy) is 3. The molecule has 3 amide bonds. The second kappa shape index (κ2) is 11.7. The van der Waals surface area contributed by atoms with Gasteiger partial charge >= 0.3 is 5.97 Å². The number of hydrogen-bond acceptors (Lipinski definition) is 8. The molecule has 1 aliphatic rings. The number of anilines is 3. The number of amides is 3. The molecule has 4 rings (SSSR count). The minimum Gasteiger partial charge on any atom is -0.497 e. The first-order chi connectivity index (χ1) is 19.1. The highest BCUT2D eigenvalue weighted by molar-refractivity contribution is 6.53. The molecule has 12 heteroatoms. The van der Waals surface area contributed by atoms with E-state index in [-0.39, 0.29) is 38.3 Å². The Morgan fingerprint density at radius 2 is 1.55 bits per heavy atom. The number of nitrogens with zero attached hydrogens (tertiary/aromatic N) is 1. The molecular formula is C28H23Cl2N3O7. The molecule has 1 aliphatic heterocycles. The summed E-state index contributed by atoms with van der Waals surface area (Å²) in [7, 11) is 4.09. The van der Waals surface area contributed by atoms with Crippen LogP contribution in [0.5, 0.6) is 11.5 Å². The Morgan fingerprint density at radius 3 is 2.17 bits per heavy atom. The molecule has 0 saturated heterocycles. The smallest absolute Gasteiger partial charge is 0.341 e. The van der Waals surface area contributed by atoms with Gasteiger partial charge in [-0.3, -0.25) is 14.4 Å². The van der Waals surface area contributed by atoms with E-state index in [2.05, 4.69) is 10.6 Å². The fraction of sp³-hybridized carbons (Fsp3) is 0.143. The maximum absolute atomic E-state index is 13.2. The van der Waals surface area contributed by atoms with Gasteiger partial charge in [0.05, 0.1) is 37.7 Å². The van der Waals surface area contributed by atoms with E-state index in [1.165, 1.54) is 39.5 Å². The molecule has 3 aromatic rings. The zero-order valence-electron chi connectivity index (χ0n) is 21.8. The van der Waals surface area contributed by atoms with Gasteiger partial charge in [-0.1, -0.05) is 29.3 Å². The van der Waals surface area contributed by atoms with Crippen LogP contribution in [0.25, 0.3) is 0 Å². The quantitative estimate of drug-likeness (QED) is 0.276. The highest BCUT2D eigenvalue weighted by Gasteiger charge is 2.39. The third-order valence-electron chi connectivity index (χ3n) is 6.06. The molecule has 0 unspecified atom stereocenters. The van der Waals surface area contributed by atoms with E-state index < -0.39 is 23.7 Å². The molecular weight excluding hydrogens is 561 g/mol. The zero-order valence-corrected chi connectivity index (χ0v) is 23.3. The summed E-state index contributed by atoms with van der Waals surface area (Å²) in [6, 6.07) is 13.8. The van der Waals surface area contributed by atoms with Crippen LogP contribution < -0.4 is 25.0 Å². The van der Waals surface area contributed by atoms with Crippen LogP contribution in [0.1, 0.15) is 26.3 Å². The number of methoxy groups -OCH3 is 3. The van der Waals surface area contributed by atoms with Crippen LogP contribution in [-0.4, -0.2) is 45.0 Å². The summed E-state index contributed by atoms with van der Waals surface area (Å²) in [6.07, 6.45) is 0. The van der Waals surface area contributed by atoms with Crippen molar-refractivity contribution in [2.45, 2.75) is 6.92 Å². The second-order valence-corrected chi connectivity index (χ2v) is 9.25. The Morgan fingerprint density at radius 1 is 0.850 bits per heavy atom. The Kier molecular flexibility index (Phi) is 8.32. The molecule has 3 aromatic carbocycles. The number of carbonyl (C=O) groups excluding carboxylic acids is 4. The first kappa shape index (κ1) is 28.5. The molecule has 1 heterocycles. The van der Waals surface area contributed by atoms with Crippen LogP contribution in [0.15, 0.2) is 65.3 Å². The number of nitrogens with one attached hydrogen (secondary N) is 2. The first-order valence-corrected chi connectivity index (χ1v) is 12.4. The van der Waals surface area contributed by atoms with Gasteiger partial charge in [-0.2, -0.15) is 0 Å². The molecule has 0 saturated carbocycles. The summed E-state index contributed by atoms with van der Waals surface area (Å²) in [4.78, 5) is 52.1.